The maximum Gasteiger partial charge on any atom is 0.407 e. The third-order valence-electron chi connectivity index (χ3n) is 2.26. The van der Waals surface area contributed by atoms with Gasteiger partial charge in [0.25, 0.3) is 0 Å². The molecule has 1 aromatic rings. The number of Topliss-reactive ketones (excluding diaryl/α,β-unsaturated/α-hetero) is 1. The number of carboxylic acid groups (broad SMARTS) is 1. The Bertz CT molecular complexity index is 449. The van der Waals surface area contributed by atoms with Crippen molar-refractivity contribution in [3.05, 3.63) is 35.9 Å². The van der Waals surface area contributed by atoms with Crippen LogP contribution >= 0.6 is 0 Å². The van der Waals surface area contributed by atoms with Crippen molar-refractivity contribution in [1.82, 2.24) is 5.32 Å². The molecule has 110 valence electrons. The van der Waals surface area contributed by atoms with Crippen molar-refractivity contribution >= 4 is 17.8 Å². The maximum atomic E-state index is 11.3. The van der Waals surface area contributed by atoms with Crippen molar-refractivity contribution in [2.24, 2.45) is 0 Å². The first-order valence-electron chi connectivity index (χ1n) is 5.76. The normalized spacial score (nSPS) is 9.20. The minimum atomic E-state index is -1.04. The van der Waals surface area contributed by atoms with Crippen molar-refractivity contribution in [3.8, 4) is 0 Å². The van der Waals surface area contributed by atoms with Crippen LogP contribution in [-0.2, 0) is 20.9 Å². The van der Waals surface area contributed by atoms with E-state index in [0.29, 0.717) is 0 Å². The molecule has 0 heterocycles. The molecular weight excluding hydrogens is 290 g/mol. The van der Waals surface area contributed by atoms with Gasteiger partial charge < -0.3 is 15.2 Å². The Labute approximate surface area is 146 Å². The van der Waals surface area contributed by atoms with E-state index in [1.54, 1.807) is 0 Å². The number of aliphatic carboxylic acids is 1. The van der Waals surface area contributed by atoms with Crippen LogP contribution in [0.15, 0.2) is 30.3 Å². The van der Waals surface area contributed by atoms with Crippen LogP contribution in [0.5, 0.6) is 0 Å². The average Bonchev–Trinajstić information content (AvgIpc) is 2.41. The molecule has 0 aliphatic heterocycles. The Kier molecular flexibility index (Phi) is 10.1. The molecule has 1 aromatic carbocycles. The molecule has 0 aliphatic rings. The van der Waals surface area contributed by atoms with Crippen LogP contribution in [0.1, 0.15) is 18.4 Å². The molecule has 0 aromatic heterocycles. The van der Waals surface area contributed by atoms with Gasteiger partial charge >= 0.3 is 12.1 Å². The van der Waals surface area contributed by atoms with Crippen molar-refractivity contribution in [2.45, 2.75) is 19.4 Å². The molecule has 0 aliphatic carbocycles. The van der Waals surface area contributed by atoms with Gasteiger partial charge in [0.2, 0.25) is 0 Å². The number of rotatable bonds is 7. The zero-order valence-electron chi connectivity index (χ0n) is 10.6. The Hall–Kier alpha value is -1.11. The fourth-order valence-corrected chi connectivity index (χ4v) is 1.28. The first-order valence-corrected chi connectivity index (χ1v) is 5.76. The third-order valence-corrected chi connectivity index (χ3v) is 2.26. The standard InChI is InChI=1S/C13H15NO5.Ar/c15-11(6-7-12(16)17)8-14-13(18)19-9-10-4-2-1-3-5-10;/h1-5H,6-9H2,(H,14,18)(H,16,17);. The van der Waals surface area contributed by atoms with Crippen LogP contribution in [0, 0.1) is 37.7 Å². The van der Waals surface area contributed by atoms with E-state index in [-0.39, 0.29) is 69.5 Å². The minimum Gasteiger partial charge on any atom is -0.481 e. The zero-order chi connectivity index (χ0) is 14.1. The van der Waals surface area contributed by atoms with Gasteiger partial charge in [-0.05, 0) is 5.56 Å². The van der Waals surface area contributed by atoms with Gasteiger partial charge in [-0.1, -0.05) is 30.3 Å². The summed E-state index contributed by atoms with van der Waals surface area (Å²) in [6.45, 7) is -0.100. The molecule has 0 unspecified atom stereocenters. The molecule has 1 amide bonds. The fraction of sp³-hybridized carbons (Fsp3) is 0.308. The van der Waals surface area contributed by atoms with Crippen LogP contribution in [0.2, 0.25) is 0 Å². The van der Waals surface area contributed by atoms with Gasteiger partial charge in [0.05, 0.1) is 13.0 Å². The number of hydrogen-bond acceptors (Lipinski definition) is 4. The monoisotopic (exact) mass is 305 g/mol. The molecular formula is C13H15ArNO5. The minimum absolute atomic E-state index is 0. The third kappa shape index (κ3) is 8.90. The summed E-state index contributed by atoms with van der Waals surface area (Å²) in [5.74, 6) is -1.39. The van der Waals surface area contributed by atoms with Gasteiger partial charge in [-0.25, -0.2) is 4.79 Å². The second-order valence-electron chi connectivity index (χ2n) is 3.85. The molecule has 0 saturated carbocycles. The molecule has 0 bridgehead atoms. The Morgan fingerprint density at radius 3 is 2.35 bits per heavy atom. The number of carboxylic acids is 1. The fourth-order valence-electron chi connectivity index (χ4n) is 1.28. The smallest absolute Gasteiger partial charge is 0.407 e. The number of ketones is 1. The van der Waals surface area contributed by atoms with Crippen molar-refractivity contribution in [3.63, 3.8) is 0 Å². The molecule has 2 N–H and O–H groups in total. The van der Waals surface area contributed by atoms with Crippen LogP contribution in [0.3, 0.4) is 0 Å². The van der Waals surface area contributed by atoms with Gasteiger partial charge in [0.1, 0.15) is 6.61 Å². The number of carbonyl (C=O) groups excluding carboxylic acids is 2. The van der Waals surface area contributed by atoms with Crippen molar-refractivity contribution < 1.29 is 62.0 Å². The number of ether oxygens (including phenoxy) is 1. The maximum absolute atomic E-state index is 11.3. The van der Waals surface area contributed by atoms with Crippen molar-refractivity contribution in [2.75, 3.05) is 6.54 Å². The summed E-state index contributed by atoms with van der Waals surface area (Å²) < 4.78 is 4.89. The summed E-state index contributed by atoms with van der Waals surface area (Å²) in [4.78, 5) is 32.7. The van der Waals surface area contributed by atoms with E-state index in [2.05, 4.69) is 5.32 Å². The molecule has 0 spiro atoms. The van der Waals surface area contributed by atoms with E-state index in [9.17, 15) is 14.4 Å². The molecule has 0 saturated heterocycles. The molecule has 20 heavy (non-hydrogen) atoms. The number of alkyl carbamates (subject to hydrolysis) is 1. The summed E-state index contributed by atoms with van der Waals surface area (Å²) in [6, 6.07) is 9.12. The zero-order valence-corrected chi connectivity index (χ0v) is 11.4. The van der Waals surface area contributed by atoms with Crippen LogP contribution in [0.25, 0.3) is 0 Å². The molecule has 0 radical (unpaired) electrons. The summed E-state index contributed by atoms with van der Waals surface area (Å²) in [7, 11) is 0. The van der Waals surface area contributed by atoms with Gasteiger partial charge in [-0.15, -0.1) is 0 Å². The van der Waals surface area contributed by atoms with Gasteiger partial charge in [-0.2, -0.15) is 0 Å². The summed E-state index contributed by atoms with van der Waals surface area (Å²) in [6.07, 6.45) is -1.04. The Balaban J connectivity index is 0.00000361. The summed E-state index contributed by atoms with van der Waals surface area (Å²) in [5.41, 5.74) is 0.842. The van der Waals surface area contributed by atoms with Crippen LogP contribution < -0.4 is 5.32 Å². The predicted molar refractivity (Wildman–Crippen MR) is 66.5 cm³/mol. The predicted octanol–water partition coefficient (Wildman–Crippen LogP) is 1.35. The second-order valence-corrected chi connectivity index (χ2v) is 3.85. The molecule has 0 atom stereocenters. The quantitative estimate of drug-likeness (QED) is 0.793. The van der Waals surface area contributed by atoms with E-state index in [0.717, 1.165) is 5.56 Å². The first kappa shape index (κ1) is 18.9. The van der Waals surface area contributed by atoms with E-state index in [4.69, 9.17) is 9.84 Å². The average molecular weight is 305 g/mol. The molecule has 7 heteroatoms. The largest absolute Gasteiger partial charge is 0.481 e. The van der Waals surface area contributed by atoms with E-state index >= 15 is 0 Å². The number of hydrogen-bond donors (Lipinski definition) is 2. The summed E-state index contributed by atoms with van der Waals surface area (Å²) >= 11 is 0. The number of benzene rings is 1. The summed E-state index contributed by atoms with van der Waals surface area (Å²) in [5, 5.41) is 10.7. The second kappa shape index (κ2) is 10.7. The number of nitrogens with one attached hydrogen (secondary N) is 1. The SMILES string of the molecule is O=C(O)CCC(=O)CNC(=O)OCc1ccccc1.[Ar]. The first-order chi connectivity index (χ1) is 9.08. The number of amides is 1. The van der Waals surface area contributed by atoms with Crippen LogP contribution in [-0.4, -0.2) is 29.5 Å². The molecule has 1 rings (SSSR count). The number of carbonyl (C=O) groups is 3. The van der Waals surface area contributed by atoms with E-state index in [1.807, 2.05) is 30.3 Å². The topological polar surface area (TPSA) is 92.7 Å². The van der Waals surface area contributed by atoms with E-state index in [1.165, 1.54) is 0 Å². The van der Waals surface area contributed by atoms with Crippen LogP contribution in [0.4, 0.5) is 4.79 Å². The Morgan fingerprint density at radius 1 is 1.10 bits per heavy atom. The molecule has 6 nitrogen and oxygen atoms in total. The van der Waals surface area contributed by atoms with Gasteiger partial charge in [0.15, 0.2) is 5.78 Å². The van der Waals surface area contributed by atoms with Gasteiger partial charge in [-0.3, -0.25) is 9.59 Å². The van der Waals surface area contributed by atoms with Crippen molar-refractivity contribution in [1.29, 1.82) is 0 Å². The van der Waals surface area contributed by atoms with E-state index < -0.39 is 12.1 Å². The Morgan fingerprint density at radius 2 is 1.75 bits per heavy atom. The van der Waals surface area contributed by atoms with Gasteiger partial charge in [0, 0.05) is 44.2 Å². The molecule has 0 fully saturated rings.